The number of rotatable bonds is 8. The van der Waals surface area contributed by atoms with Crippen LogP contribution < -0.4 is 15.5 Å². The smallest absolute Gasteiger partial charge is 0.253 e. The molecule has 0 unspecified atom stereocenters. The highest BCUT2D eigenvalue weighted by molar-refractivity contribution is 6.02. The molecule has 2 amide bonds. The molecule has 0 aromatic heterocycles. The number of benzene rings is 2. The summed E-state index contributed by atoms with van der Waals surface area (Å²) in [6, 6.07) is 11.3. The van der Waals surface area contributed by atoms with Gasteiger partial charge < -0.3 is 15.5 Å². The Bertz CT molecular complexity index is 789. The van der Waals surface area contributed by atoms with Gasteiger partial charge in [-0.05, 0) is 42.3 Å². The van der Waals surface area contributed by atoms with Gasteiger partial charge in [-0.15, -0.1) is 0 Å². The standard InChI is InChI=1S/C21H26FN3O2/c1-4-5-6-20(26)24-17-11-12-19(25(2)3)18(13-17)21(27)23-14-15-7-9-16(22)10-8-15/h7-13H,4-6,14H2,1-3H3,(H,23,27)(H,24,26). The molecule has 0 atom stereocenters. The number of nitrogens with one attached hydrogen (secondary N) is 2. The molecule has 6 heteroatoms. The van der Waals surface area contributed by atoms with Gasteiger partial charge in [-0.2, -0.15) is 0 Å². The second kappa shape index (κ2) is 9.71. The molecule has 0 spiro atoms. The zero-order chi connectivity index (χ0) is 19.8. The largest absolute Gasteiger partial charge is 0.377 e. The van der Waals surface area contributed by atoms with Crippen molar-refractivity contribution in [2.24, 2.45) is 0 Å². The maximum absolute atomic E-state index is 13.0. The summed E-state index contributed by atoms with van der Waals surface area (Å²) < 4.78 is 13.0. The first-order valence-corrected chi connectivity index (χ1v) is 9.04. The maximum Gasteiger partial charge on any atom is 0.253 e. The van der Waals surface area contributed by atoms with Crippen LogP contribution in [0.1, 0.15) is 42.1 Å². The summed E-state index contributed by atoms with van der Waals surface area (Å²) in [6.45, 7) is 2.32. The molecular formula is C21H26FN3O2. The van der Waals surface area contributed by atoms with Crippen molar-refractivity contribution in [3.05, 3.63) is 59.4 Å². The van der Waals surface area contributed by atoms with Gasteiger partial charge in [-0.25, -0.2) is 4.39 Å². The fourth-order valence-corrected chi connectivity index (χ4v) is 2.63. The SMILES string of the molecule is CCCCC(=O)Nc1ccc(N(C)C)c(C(=O)NCc2ccc(F)cc2)c1. The van der Waals surface area contributed by atoms with Gasteiger partial charge in [0.25, 0.3) is 5.91 Å². The number of amides is 2. The molecule has 0 bridgehead atoms. The minimum Gasteiger partial charge on any atom is -0.377 e. The lowest BCUT2D eigenvalue weighted by Gasteiger charge is -2.18. The first kappa shape index (κ1) is 20.4. The molecule has 0 radical (unpaired) electrons. The Morgan fingerprint density at radius 1 is 1.07 bits per heavy atom. The van der Waals surface area contributed by atoms with Gasteiger partial charge in [0.1, 0.15) is 5.82 Å². The summed E-state index contributed by atoms with van der Waals surface area (Å²) in [5.74, 6) is -0.633. The molecule has 144 valence electrons. The lowest BCUT2D eigenvalue weighted by molar-refractivity contribution is -0.116. The van der Waals surface area contributed by atoms with Crippen LogP contribution in [-0.2, 0) is 11.3 Å². The van der Waals surface area contributed by atoms with E-state index in [0.29, 0.717) is 24.2 Å². The minimum atomic E-state index is -0.313. The lowest BCUT2D eigenvalue weighted by atomic mass is 10.1. The molecule has 5 nitrogen and oxygen atoms in total. The van der Waals surface area contributed by atoms with E-state index >= 15 is 0 Å². The summed E-state index contributed by atoms with van der Waals surface area (Å²) in [6.07, 6.45) is 2.23. The van der Waals surface area contributed by atoms with Gasteiger partial charge in [0.2, 0.25) is 5.91 Å². The second-order valence-electron chi connectivity index (χ2n) is 6.59. The van der Waals surface area contributed by atoms with E-state index < -0.39 is 0 Å². The van der Waals surface area contributed by atoms with Crippen molar-refractivity contribution in [2.75, 3.05) is 24.3 Å². The minimum absolute atomic E-state index is 0.0628. The van der Waals surface area contributed by atoms with Crippen molar-refractivity contribution < 1.29 is 14.0 Å². The summed E-state index contributed by atoms with van der Waals surface area (Å²) in [5.41, 5.74) is 2.61. The number of carbonyl (C=O) groups is 2. The Hall–Kier alpha value is -2.89. The van der Waals surface area contributed by atoms with E-state index in [0.717, 1.165) is 24.1 Å². The van der Waals surface area contributed by atoms with Gasteiger partial charge in [0.15, 0.2) is 0 Å². The van der Waals surface area contributed by atoms with Crippen molar-refractivity contribution in [1.29, 1.82) is 0 Å². The number of unbranched alkanes of at least 4 members (excludes halogenated alkanes) is 1. The third-order valence-corrected chi connectivity index (χ3v) is 4.13. The van der Waals surface area contributed by atoms with Crippen molar-refractivity contribution in [3.63, 3.8) is 0 Å². The Balaban J connectivity index is 2.13. The van der Waals surface area contributed by atoms with E-state index in [-0.39, 0.29) is 17.6 Å². The fraction of sp³-hybridized carbons (Fsp3) is 0.333. The number of hydrogen-bond donors (Lipinski definition) is 2. The zero-order valence-electron chi connectivity index (χ0n) is 16.0. The summed E-state index contributed by atoms with van der Waals surface area (Å²) in [5, 5.41) is 5.68. The monoisotopic (exact) mass is 371 g/mol. The van der Waals surface area contributed by atoms with Crippen LogP contribution in [0.15, 0.2) is 42.5 Å². The molecule has 0 saturated heterocycles. The number of anilines is 2. The Labute approximate surface area is 159 Å². The second-order valence-corrected chi connectivity index (χ2v) is 6.59. The van der Waals surface area contributed by atoms with E-state index in [1.54, 1.807) is 24.3 Å². The quantitative estimate of drug-likeness (QED) is 0.739. The van der Waals surface area contributed by atoms with Crippen molar-refractivity contribution in [3.8, 4) is 0 Å². The van der Waals surface area contributed by atoms with Crippen molar-refractivity contribution >= 4 is 23.2 Å². The average Bonchev–Trinajstić information content (AvgIpc) is 2.65. The van der Waals surface area contributed by atoms with Gasteiger partial charge in [0, 0.05) is 38.4 Å². The predicted octanol–water partition coefficient (Wildman–Crippen LogP) is 3.95. The van der Waals surface area contributed by atoms with Crippen LogP contribution >= 0.6 is 0 Å². The molecule has 0 heterocycles. The summed E-state index contributed by atoms with van der Waals surface area (Å²) >= 11 is 0. The molecule has 0 fully saturated rings. The molecule has 2 rings (SSSR count). The molecule has 0 saturated carbocycles. The summed E-state index contributed by atoms with van der Waals surface area (Å²) in [7, 11) is 3.71. The zero-order valence-corrected chi connectivity index (χ0v) is 16.0. The normalized spacial score (nSPS) is 10.4. The predicted molar refractivity (Wildman–Crippen MR) is 106 cm³/mol. The van der Waals surface area contributed by atoms with Gasteiger partial charge in [-0.1, -0.05) is 25.5 Å². The first-order chi connectivity index (χ1) is 12.9. The number of halogens is 1. The molecule has 0 aliphatic carbocycles. The maximum atomic E-state index is 13.0. The van der Waals surface area contributed by atoms with Crippen LogP contribution in [0.25, 0.3) is 0 Å². The van der Waals surface area contributed by atoms with Crippen LogP contribution in [0.3, 0.4) is 0 Å². The molecular weight excluding hydrogens is 345 g/mol. The molecule has 0 aliphatic heterocycles. The topological polar surface area (TPSA) is 61.4 Å². The van der Waals surface area contributed by atoms with Gasteiger partial charge in [-0.3, -0.25) is 9.59 Å². The summed E-state index contributed by atoms with van der Waals surface area (Å²) in [4.78, 5) is 26.5. The third-order valence-electron chi connectivity index (χ3n) is 4.13. The molecule has 2 aromatic rings. The van der Waals surface area contributed by atoms with Crippen LogP contribution in [0.4, 0.5) is 15.8 Å². The molecule has 2 N–H and O–H groups in total. The highest BCUT2D eigenvalue weighted by Gasteiger charge is 2.15. The van der Waals surface area contributed by atoms with E-state index in [9.17, 15) is 14.0 Å². The number of carbonyl (C=O) groups excluding carboxylic acids is 2. The Morgan fingerprint density at radius 2 is 1.78 bits per heavy atom. The van der Waals surface area contributed by atoms with E-state index in [1.165, 1.54) is 12.1 Å². The van der Waals surface area contributed by atoms with E-state index in [1.807, 2.05) is 32.0 Å². The lowest BCUT2D eigenvalue weighted by Crippen LogP contribution is -2.25. The van der Waals surface area contributed by atoms with E-state index in [2.05, 4.69) is 10.6 Å². The molecule has 2 aromatic carbocycles. The van der Waals surface area contributed by atoms with E-state index in [4.69, 9.17) is 0 Å². The Morgan fingerprint density at radius 3 is 2.41 bits per heavy atom. The Kier molecular flexibility index (Phi) is 7.34. The van der Waals surface area contributed by atoms with Crippen molar-refractivity contribution in [2.45, 2.75) is 32.7 Å². The average molecular weight is 371 g/mol. The highest BCUT2D eigenvalue weighted by atomic mass is 19.1. The molecule has 0 aliphatic rings. The first-order valence-electron chi connectivity index (χ1n) is 9.04. The number of nitrogens with zero attached hydrogens (tertiary/aromatic N) is 1. The van der Waals surface area contributed by atoms with Crippen LogP contribution in [0.5, 0.6) is 0 Å². The van der Waals surface area contributed by atoms with Crippen LogP contribution in [0.2, 0.25) is 0 Å². The highest BCUT2D eigenvalue weighted by Crippen LogP contribution is 2.23. The fourth-order valence-electron chi connectivity index (χ4n) is 2.63. The molecule has 27 heavy (non-hydrogen) atoms. The van der Waals surface area contributed by atoms with Crippen molar-refractivity contribution in [1.82, 2.24) is 5.32 Å². The van der Waals surface area contributed by atoms with Crippen LogP contribution in [0, 0.1) is 5.82 Å². The van der Waals surface area contributed by atoms with Gasteiger partial charge in [0.05, 0.1) is 5.56 Å². The van der Waals surface area contributed by atoms with Crippen LogP contribution in [-0.4, -0.2) is 25.9 Å². The third kappa shape index (κ3) is 6.09. The number of hydrogen-bond acceptors (Lipinski definition) is 3. The van der Waals surface area contributed by atoms with Gasteiger partial charge >= 0.3 is 0 Å².